The van der Waals surface area contributed by atoms with E-state index in [9.17, 15) is 16.8 Å². The fraction of sp³-hybridized carbons (Fsp3) is 0.588. The molecule has 150 valence electrons. The second kappa shape index (κ2) is 7.76. The van der Waals surface area contributed by atoms with Gasteiger partial charge in [0.1, 0.15) is 6.10 Å². The number of nitrogens with zero attached hydrogens (tertiary/aromatic N) is 1. The molecule has 2 N–H and O–H groups in total. The molecule has 0 saturated heterocycles. The number of H-pyrrole nitrogens is 1. The molecule has 2 aromatic rings. The second-order valence-corrected chi connectivity index (χ2v) is 11.1. The van der Waals surface area contributed by atoms with Gasteiger partial charge < -0.3 is 9.72 Å². The third-order valence-electron chi connectivity index (χ3n) is 4.85. The highest BCUT2D eigenvalue weighted by Gasteiger charge is 2.26. The van der Waals surface area contributed by atoms with Crippen LogP contribution in [0.25, 0.3) is 11.0 Å². The van der Waals surface area contributed by atoms with Gasteiger partial charge in [-0.1, -0.05) is 6.92 Å². The Labute approximate surface area is 159 Å². The average Bonchev–Trinajstić information content (AvgIpc) is 3.04. The fourth-order valence-electron chi connectivity index (χ4n) is 3.17. The van der Waals surface area contributed by atoms with Gasteiger partial charge in [0.15, 0.2) is 9.84 Å². The van der Waals surface area contributed by atoms with Gasteiger partial charge >= 0.3 is 0 Å². The molecular weight excluding hydrogens is 390 g/mol. The number of hydrogen-bond acceptors (Lipinski definition) is 6. The number of hydrogen-bond donors (Lipinski definition) is 2. The number of ether oxygens (including phenoxy) is 1. The Morgan fingerprint density at radius 2 is 1.81 bits per heavy atom. The molecule has 3 rings (SSSR count). The zero-order valence-corrected chi connectivity index (χ0v) is 17.1. The summed E-state index contributed by atoms with van der Waals surface area (Å²) >= 11 is 0. The summed E-state index contributed by atoms with van der Waals surface area (Å²) in [7, 11) is -6.47. The summed E-state index contributed by atoms with van der Waals surface area (Å²) in [5.41, 5.74) is 1.26. The number of imidazole rings is 1. The van der Waals surface area contributed by atoms with E-state index in [0.717, 1.165) is 12.8 Å². The highest BCUT2D eigenvalue weighted by Crippen LogP contribution is 2.25. The van der Waals surface area contributed by atoms with E-state index >= 15 is 0 Å². The van der Waals surface area contributed by atoms with Crippen molar-refractivity contribution in [2.24, 2.45) is 0 Å². The Hall–Kier alpha value is -1.65. The standard InChI is InChI=1S/C17H25N3O5S2/c1-3-26(21,22)14-9-10-15-16(11-14)19-17(18-15)25-13-7-5-12(6-8-13)20-27(23,24)4-2/h9-13,20H,3-8H2,1-2H3,(H,18,19)/t12-,13-. The summed E-state index contributed by atoms with van der Waals surface area (Å²) in [6.45, 7) is 3.23. The molecule has 1 aliphatic rings. The summed E-state index contributed by atoms with van der Waals surface area (Å²) in [4.78, 5) is 7.65. The van der Waals surface area contributed by atoms with Crippen LogP contribution in [0.2, 0.25) is 0 Å². The van der Waals surface area contributed by atoms with Crippen molar-refractivity contribution in [1.82, 2.24) is 14.7 Å². The Balaban J connectivity index is 1.64. The van der Waals surface area contributed by atoms with Crippen LogP contribution in [0.1, 0.15) is 39.5 Å². The van der Waals surface area contributed by atoms with E-state index in [2.05, 4.69) is 14.7 Å². The third-order valence-corrected chi connectivity index (χ3v) is 8.03. The van der Waals surface area contributed by atoms with Gasteiger partial charge in [-0.2, -0.15) is 4.98 Å². The van der Waals surface area contributed by atoms with Crippen molar-refractivity contribution < 1.29 is 21.6 Å². The maximum atomic E-state index is 12.0. The van der Waals surface area contributed by atoms with Gasteiger partial charge in [-0.15, -0.1) is 0 Å². The number of aromatic amines is 1. The zero-order chi connectivity index (χ0) is 19.7. The van der Waals surface area contributed by atoms with Gasteiger partial charge in [0.05, 0.1) is 27.4 Å². The minimum absolute atomic E-state index is 0.0427. The molecule has 0 radical (unpaired) electrons. The quantitative estimate of drug-likeness (QED) is 0.714. The van der Waals surface area contributed by atoms with Crippen LogP contribution in [0.4, 0.5) is 0 Å². The normalized spacial score (nSPS) is 21.4. The summed E-state index contributed by atoms with van der Waals surface area (Å²) in [6.07, 6.45) is 2.82. The Morgan fingerprint density at radius 1 is 1.11 bits per heavy atom. The molecule has 0 aliphatic heterocycles. The van der Waals surface area contributed by atoms with Gasteiger partial charge in [-0.05, 0) is 50.8 Å². The molecule has 8 nitrogen and oxygen atoms in total. The lowest BCUT2D eigenvalue weighted by atomic mass is 9.94. The van der Waals surface area contributed by atoms with Crippen LogP contribution in [-0.2, 0) is 19.9 Å². The summed E-state index contributed by atoms with van der Waals surface area (Å²) in [5, 5.41) is 0. The molecule has 0 spiro atoms. The van der Waals surface area contributed by atoms with Crippen molar-refractivity contribution in [3.63, 3.8) is 0 Å². The van der Waals surface area contributed by atoms with Crippen molar-refractivity contribution >= 4 is 30.9 Å². The molecule has 1 saturated carbocycles. The molecule has 1 aromatic heterocycles. The number of fused-ring (bicyclic) bond motifs is 1. The van der Waals surface area contributed by atoms with E-state index in [0.29, 0.717) is 29.9 Å². The monoisotopic (exact) mass is 415 g/mol. The minimum Gasteiger partial charge on any atom is -0.461 e. The predicted octanol–water partition coefficient (Wildman–Crippen LogP) is 1.99. The van der Waals surface area contributed by atoms with E-state index in [4.69, 9.17) is 4.74 Å². The Morgan fingerprint density at radius 3 is 2.44 bits per heavy atom. The molecular formula is C17H25N3O5S2. The third kappa shape index (κ3) is 4.80. The lowest BCUT2D eigenvalue weighted by Crippen LogP contribution is -2.40. The maximum absolute atomic E-state index is 12.0. The average molecular weight is 416 g/mol. The van der Waals surface area contributed by atoms with Crippen LogP contribution in [0.15, 0.2) is 23.1 Å². The van der Waals surface area contributed by atoms with Crippen LogP contribution in [-0.4, -0.2) is 50.5 Å². The number of sulfone groups is 1. The summed E-state index contributed by atoms with van der Waals surface area (Å²) in [6, 6.07) is 5.10. The maximum Gasteiger partial charge on any atom is 0.294 e. The van der Waals surface area contributed by atoms with Gasteiger partial charge in [0.25, 0.3) is 6.01 Å². The molecule has 0 amide bonds. The van der Waals surface area contributed by atoms with Crippen molar-refractivity contribution in [3.05, 3.63) is 18.2 Å². The molecule has 0 unspecified atom stereocenters. The van der Waals surface area contributed by atoms with Gasteiger partial charge in [0, 0.05) is 6.04 Å². The van der Waals surface area contributed by atoms with Gasteiger partial charge in [0.2, 0.25) is 10.0 Å². The van der Waals surface area contributed by atoms with Crippen LogP contribution in [0.5, 0.6) is 6.01 Å². The summed E-state index contributed by atoms with van der Waals surface area (Å²) < 4.78 is 55.9. The lowest BCUT2D eigenvalue weighted by Gasteiger charge is -2.28. The first-order chi connectivity index (χ1) is 12.7. The highest BCUT2D eigenvalue weighted by molar-refractivity contribution is 7.91. The van der Waals surface area contributed by atoms with Crippen LogP contribution < -0.4 is 9.46 Å². The lowest BCUT2D eigenvalue weighted by molar-refractivity contribution is 0.134. The molecule has 1 aromatic carbocycles. The molecule has 10 heteroatoms. The number of aromatic nitrogens is 2. The number of rotatable bonds is 7. The number of benzene rings is 1. The first kappa shape index (κ1) is 20.1. The van der Waals surface area contributed by atoms with Crippen molar-refractivity contribution in [3.8, 4) is 6.01 Å². The van der Waals surface area contributed by atoms with E-state index in [-0.39, 0.29) is 28.5 Å². The predicted molar refractivity (Wildman–Crippen MR) is 103 cm³/mol. The Bertz CT molecular complexity index is 1010. The molecule has 0 atom stereocenters. The van der Waals surface area contributed by atoms with Gasteiger partial charge in [-0.25, -0.2) is 21.6 Å². The van der Waals surface area contributed by atoms with E-state index in [1.807, 2.05) is 0 Å². The van der Waals surface area contributed by atoms with Gasteiger partial charge in [-0.3, -0.25) is 0 Å². The number of nitrogens with one attached hydrogen (secondary N) is 2. The van der Waals surface area contributed by atoms with E-state index in [1.54, 1.807) is 32.0 Å². The second-order valence-electron chi connectivity index (χ2n) is 6.74. The zero-order valence-electron chi connectivity index (χ0n) is 15.4. The van der Waals surface area contributed by atoms with Crippen molar-refractivity contribution in [2.75, 3.05) is 11.5 Å². The SMILES string of the molecule is CCS(=O)(=O)N[C@H]1CC[C@H](Oc2nc3ccc(S(=O)(=O)CC)cc3[nH]2)CC1. The van der Waals surface area contributed by atoms with Crippen molar-refractivity contribution in [2.45, 2.75) is 56.6 Å². The molecule has 1 heterocycles. The van der Waals surface area contributed by atoms with E-state index < -0.39 is 19.9 Å². The molecule has 1 aliphatic carbocycles. The topological polar surface area (TPSA) is 118 Å². The van der Waals surface area contributed by atoms with Crippen LogP contribution in [0, 0.1) is 0 Å². The summed E-state index contributed by atoms with van der Waals surface area (Å²) in [5.74, 6) is 0.124. The van der Waals surface area contributed by atoms with Crippen LogP contribution in [0.3, 0.4) is 0 Å². The smallest absolute Gasteiger partial charge is 0.294 e. The first-order valence-corrected chi connectivity index (χ1v) is 12.4. The Kier molecular flexibility index (Phi) is 5.78. The number of sulfonamides is 1. The first-order valence-electron chi connectivity index (χ1n) is 9.11. The minimum atomic E-state index is -3.28. The largest absolute Gasteiger partial charge is 0.461 e. The van der Waals surface area contributed by atoms with E-state index in [1.165, 1.54) is 0 Å². The molecule has 1 fully saturated rings. The molecule has 27 heavy (non-hydrogen) atoms. The van der Waals surface area contributed by atoms with Crippen molar-refractivity contribution in [1.29, 1.82) is 0 Å². The fourth-order valence-corrected chi connectivity index (χ4v) is 4.99. The molecule has 0 bridgehead atoms. The highest BCUT2D eigenvalue weighted by atomic mass is 32.2. The van der Waals surface area contributed by atoms with Crippen LogP contribution >= 0.6 is 0 Å².